The fraction of sp³-hybridized carbons (Fsp3) is 0.462. The summed E-state index contributed by atoms with van der Waals surface area (Å²) in [5.74, 6) is -0.322. The molecule has 108 valence electrons. The summed E-state index contributed by atoms with van der Waals surface area (Å²) in [6, 6.07) is 4.82. The first-order valence-corrected chi connectivity index (χ1v) is 6.43. The lowest BCUT2D eigenvalue weighted by atomic mass is 9.97. The van der Waals surface area contributed by atoms with Gasteiger partial charge in [-0.05, 0) is 19.1 Å². The average Bonchev–Trinajstić information content (AvgIpc) is 2.68. The van der Waals surface area contributed by atoms with Crippen LogP contribution < -0.4 is 11.1 Å². The van der Waals surface area contributed by atoms with Crippen LogP contribution in [0.15, 0.2) is 24.4 Å². The first kappa shape index (κ1) is 14.4. The summed E-state index contributed by atoms with van der Waals surface area (Å²) in [4.78, 5) is 29.6. The molecule has 1 saturated heterocycles. The number of nitrogens with one attached hydrogen (secondary N) is 1. The van der Waals surface area contributed by atoms with Crippen LogP contribution >= 0.6 is 0 Å². The smallest absolute Gasteiger partial charge is 0.325 e. The van der Waals surface area contributed by atoms with Crippen molar-refractivity contribution in [2.45, 2.75) is 12.5 Å². The number of imide groups is 1. The van der Waals surface area contributed by atoms with Crippen molar-refractivity contribution < 1.29 is 14.3 Å². The Hall–Kier alpha value is -1.99. The lowest BCUT2D eigenvalue weighted by Crippen LogP contribution is -2.42. The summed E-state index contributed by atoms with van der Waals surface area (Å²) >= 11 is 0. The Morgan fingerprint density at radius 2 is 2.20 bits per heavy atom. The molecule has 3 amide bonds. The van der Waals surface area contributed by atoms with Crippen LogP contribution in [0.5, 0.6) is 0 Å². The molecular formula is C13H18N4O3. The van der Waals surface area contributed by atoms with Gasteiger partial charge in [-0.25, -0.2) is 4.79 Å². The van der Waals surface area contributed by atoms with Gasteiger partial charge in [-0.2, -0.15) is 0 Å². The molecular weight excluding hydrogens is 260 g/mol. The Morgan fingerprint density at radius 1 is 1.40 bits per heavy atom. The molecule has 2 heterocycles. The maximum absolute atomic E-state index is 12.4. The molecule has 7 nitrogen and oxygen atoms in total. The molecule has 1 aromatic heterocycles. The van der Waals surface area contributed by atoms with E-state index in [1.54, 1.807) is 31.3 Å². The second kappa shape index (κ2) is 5.98. The van der Waals surface area contributed by atoms with Crippen LogP contribution in [-0.4, -0.2) is 48.1 Å². The normalized spacial score (nSPS) is 22.2. The third kappa shape index (κ3) is 2.63. The quantitative estimate of drug-likeness (QED) is 0.556. The van der Waals surface area contributed by atoms with Crippen molar-refractivity contribution in [2.75, 3.05) is 26.3 Å². The summed E-state index contributed by atoms with van der Waals surface area (Å²) in [6.07, 6.45) is 1.59. The van der Waals surface area contributed by atoms with Gasteiger partial charge in [-0.1, -0.05) is 6.07 Å². The third-order valence-corrected chi connectivity index (χ3v) is 3.17. The van der Waals surface area contributed by atoms with Crippen LogP contribution in [0.25, 0.3) is 0 Å². The molecule has 0 aromatic carbocycles. The molecule has 2 rings (SSSR count). The highest BCUT2D eigenvalue weighted by atomic mass is 16.5. The molecule has 0 bridgehead atoms. The molecule has 0 spiro atoms. The second-order valence-corrected chi connectivity index (χ2v) is 4.63. The zero-order chi connectivity index (χ0) is 14.6. The van der Waals surface area contributed by atoms with Gasteiger partial charge < -0.3 is 15.8 Å². The van der Waals surface area contributed by atoms with Crippen molar-refractivity contribution >= 4 is 11.9 Å². The van der Waals surface area contributed by atoms with E-state index in [1.165, 1.54) is 0 Å². The van der Waals surface area contributed by atoms with Gasteiger partial charge in [0, 0.05) is 12.7 Å². The number of nitrogens with two attached hydrogens (primary N) is 1. The minimum Gasteiger partial charge on any atom is -0.378 e. The van der Waals surface area contributed by atoms with E-state index in [0.717, 1.165) is 4.90 Å². The van der Waals surface area contributed by atoms with E-state index in [4.69, 9.17) is 10.5 Å². The highest BCUT2D eigenvalue weighted by Crippen LogP contribution is 2.26. The van der Waals surface area contributed by atoms with E-state index in [2.05, 4.69) is 10.3 Å². The number of urea groups is 1. The van der Waals surface area contributed by atoms with E-state index < -0.39 is 11.6 Å². The van der Waals surface area contributed by atoms with Gasteiger partial charge in [0.25, 0.3) is 5.91 Å². The Kier molecular flexibility index (Phi) is 4.31. The summed E-state index contributed by atoms with van der Waals surface area (Å²) < 4.78 is 5.20. The Bertz CT molecular complexity index is 494. The number of aromatic nitrogens is 1. The van der Waals surface area contributed by atoms with Gasteiger partial charge in [-0.15, -0.1) is 0 Å². The number of amides is 3. The molecule has 1 unspecified atom stereocenters. The van der Waals surface area contributed by atoms with Crippen molar-refractivity contribution in [3.8, 4) is 0 Å². The van der Waals surface area contributed by atoms with Crippen LogP contribution in [0.2, 0.25) is 0 Å². The molecule has 0 radical (unpaired) electrons. The summed E-state index contributed by atoms with van der Waals surface area (Å²) in [7, 11) is 0. The number of nitrogens with zero attached hydrogens (tertiary/aromatic N) is 2. The van der Waals surface area contributed by atoms with Crippen LogP contribution in [0.1, 0.15) is 12.6 Å². The molecule has 1 aromatic rings. The fourth-order valence-corrected chi connectivity index (χ4v) is 2.07. The van der Waals surface area contributed by atoms with Gasteiger partial charge in [0.2, 0.25) is 0 Å². The second-order valence-electron chi connectivity index (χ2n) is 4.63. The highest BCUT2D eigenvalue weighted by molar-refractivity contribution is 6.06. The van der Waals surface area contributed by atoms with Gasteiger partial charge in [0.15, 0.2) is 5.54 Å². The van der Waals surface area contributed by atoms with Crippen molar-refractivity contribution in [2.24, 2.45) is 5.73 Å². The maximum atomic E-state index is 12.4. The van der Waals surface area contributed by atoms with Crippen molar-refractivity contribution in [1.29, 1.82) is 0 Å². The number of carbonyl (C=O) groups is 2. The third-order valence-electron chi connectivity index (χ3n) is 3.17. The van der Waals surface area contributed by atoms with E-state index >= 15 is 0 Å². The van der Waals surface area contributed by atoms with Crippen LogP contribution in [0.3, 0.4) is 0 Å². The van der Waals surface area contributed by atoms with Crippen LogP contribution in [0, 0.1) is 0 Å². The number of pyridine rings is 1. The number of carbonyl (C=O) groups excluding carboxylic acids is 2. The van der Waals surface area contributed by atoms with Crippen molar-refractivity contribution in [3.05, 3.63) is 30.1 Å². The summed E-state index contributed by atoms with van der Waals surface area (Å²) in [6.45, 7) is 2.94. The first-order chi connectivity index (χ1) is 9.59. The largest absolute Gasteiger partial charge is 0.378 e. The van der Waals surface area contributed by atoms with E-state index in [9.17, 15) is 9.59 Å². The summed E-state index contributed by atoms with van der Waals surface area (Å²) in [5, 5.41) is 2.68. The predicted molar refractivity (Wildman–Crippen MR) is 71.7 cm³/mol. The number of rotatable bonds is 6. The Morgan fingerprint density at radius 3 is 2.85 bits per heavy atom. The van der Waals surface area contributed by atoms with E-state index in [1.807, 2.05) is 0 Å². The standard InChI is InChI=1S/C13H18N4O3/c1-13(10-4-2-3-6-15-10)11(18)17(12(19)16-13)7-9-20-8-5-14/h2-4,6H,5,7-9,14H2,1H3,(H,16,19). The summed E-state index contributed by atoms with van der Waals surface area (Å²) in [5.41, 5.74) is 4.70. The van der Waals surface area contributed by atoms with Crippen molar-refractivity contribution in [1.82, 2.24) is 15.2 Å². The fourth-order valence-electron chi connectivity index (χ4n) is 2.07. The molecule has 1 atom stereocenters. The number of hydrogen-bond acceptors (Lipinski definition) is 5. The number of ether oxygens (including phenoxy) is 1. The molecule has 20 heavy (non-hydrogen) atoms. The molecule has 0 saturated carbocycles. The Balaban J connectivity index is 2.08. The van der Waals surface area contributed by atoms with Gasteiger partial charge >= 0.3 is 6.03 Å². The molecule has 3 N–H and O–H groups in total. The SMILES string of the molecule is CC1(c2ccccn2)NC(=O)N(CCOCCN)C1=O. The lowest BCUT2D eigenvalue weighted by Gasteiger charge is -2.20. The van der Waals surface area contributed by atoms with Crippen LogP contribution in [-0.2, 0) is 15.1 Å². The Labute approximate surface area is 117 Å². The predicted octanol–water partition coefficient (Wildman–Crippen LogP) is -0.176. The molecule has 7 heteroatoms. The zero-order valence-electron chi connectivity index (χ0n) is 11.3. The minimum atomic E-state index is -1.12. The van der Waals surface area contributed by atoms with E-state index in [-0.39, 0.29) is 19.1 Å². The van der Waals surface area contributed by atoms with E-state index in [0.29, 0.717) is 18.8 Å². The first-order valence-electron chi connectivity index (χ1n) is 6.43. The highest BCUT2D eigenvalue weighted by Gasteiger charge is 2.49. The van der Waals surface area contributed by atoms with Crippen molar-refractivity contribution in [3.63, 3.8) is 0 Å². The van der Waals surface area contributed by atoms with Gasteiger partial charge in [0.1, 0.15) is 0 Å². The maximum Gasteiger partial charge on any atom is 0.325 e. The molecule has 1 fully saturated rings. The van der Waals surface area contributed by atoms with Crippen LogP contribution in [0.4, 0.5) is 4.79 Å². The molecule has 1 aliphatic rings. The van der Waals surface area contributed by atoms with Gasteiger partial charge in [0.05, 0.1) is 25.5 Å². The van der Waals surface area contributed by atoms with Gasteiger partial charge in [-0.3, -0.25) is 14.7 Å². The molecule has 0 aliphatic carbocycles. The lowest BCUT2D eigenvalue weighted by molar-refractivity contribution is -0.131. The zero-order valence-corrected chi connectivity index (χ0v) is 11.3. The monoisotopic (exact) mass is 278 g/mol. The average molecular weight is 278 g/mol. The minimum absolute atomic E-state index is 0.201. The topological polar surface area (TPSA) is 97.6 Å². The number of hydrogen-bond donors (Lipinski definition) is 2. The molecule has 1 aliphatic heterocycles.